The minimum Gasteiger partial charge on any atom is -0.368 e. The van der Waals surface area contributed by atoms with Gasteiger partial charge >= 0.3 is 6.18 Å². The van der Waals surface area contributed by atoms with Gasteiger partial charge in [0.15, 0.2) is 0 Å². The molecule has 0 atom stereocenters. The van der Waals surface area contributed by atoms with Crippen LogP contribution in [0.15, 0.2) is 54.6 Å². The lowest BCUT2D eigenvalue weighted by atomic mass is 10.1. The monoisotopic (exact) mass is 449 g/mol. The van der Waals surface area contributed by atoms with Crippen LogP contribution >= 0.6 is 0 Å². The van der Waals surface area contributed by atoms with E-state index in [-0.39, 0.29) is 31.4 Å². The lowest BCUT2D eigenvalue weighted by molar-refractivity contribution is -0.176. The van der Waals surface area contributed by atoms with Gasteiger partial charge in [0.2, 0.25) is 5.91 Å². The lowest BCUT2D eigenvalue weighted by Gasteiger charge is -2.36. The molecule has 6 nitrogen and oxygen atoms in total. The Morgan fingerprint density at radius 1 is 0.938 bits per heavy atom. The number of alkyl halides is 3. The number of anilines is 1. The summed E-state index contributed by atoms with van der Waals surface area (Å²) in [5, 5.41) is 2.71. The third-order valence-electron chi connectivity index (χ3n) is 5.13. The molecule has 1 heterocycles. The molecule has 0 aromatic heterocycles. The summed E-state index contributed by atoms with van der Waals surface area (Å²) < 4.78 is 40.9. The highest BCUT2D eigenvalue weighted by atomic mass is 19.4. The Kier molecular flexibility index (Phi) is 8.10. The molecule has 0 aliphatic carbocycles. The van der Waals surface area contributed by atoms with Crippen molar-refractivity contribution in [1.82, 2.24) is 10.2 Å². The summed E-state index contributed by atoms with van der Waals surface area (Å²) >= 11 is 0. The topological polar surface area (TPSA) is 61.9 Å². The normalized spacial score (nSPS) is 14.3. The number of para-hydroxylation sites is 1. The van der Waals surface area contributed by atoms with E-state index >= 15 is 0 Å². The Bertz CT molecular complexity index is 881. The highest BCUT2D eigenvalue weighted by Gasteiger charge is 2.27. The van der Waals surface area contributed by atoms with Gasteiger partial charge in [-0.15, -0.1) is 0 Å². The lowest BCUT2D eigenvalue weighted by Crippen LogP contribution is -2.49. The highest BCUT2D eigenvalue weighted by molar-refractivity contribution is 5.94. The highest BCUT2D eigenvalue weighted by Crippen LogP contribution is 2.17. The van der Waals surface area contributed by atoms with E-state index in [1.54, 1.807) is 17.0 Å². The number of piperazine rings is 1. The van der Waals surface area contributed by atoms with Crippen LogP contribution in [0.25, 0.3) is 0 Å². The van der Waals surface area contributed by atoms with Gasteiger partial charge in [0.05, 0.1) is 6.61 Å². The molecule has 0 saturated carbocycles. The van der Waals surface area contributed by atoms with Crippen molar-refractivity contribution in [2.45, 2.75) is 19.2 Å². The second-order valence-electron chi connectivity index (χ2n) is 7.51. The zero-order valence-corrected chi connectivity index (χ0v) is 17.6. The molecule has 1 aliphatic rings. The first kappa shape index (κ1) is 23.6. The van der Waals surface area contributed by atoms with Crippen LogP contribution in [-0.4, -0.2) is 62.2 Å². The summed E-state index contributed by atoms with van der Waals surface area (Å²) in [6, 6.07) is 16.2. The molecular weight excluding hydrogens is 423 g/mol. The van der Waals surface area contributed by atoms with Crippen LogP contribution in [0.4, 0.5) is 18.9 Å². The van der Waals surface area contributed by atoms with Gasteiger partial charge in [-0.25, -0.2) is 0 Å². The Morgan fingerprint density at radius 2 is 1.59 bits per heavy atom. The number of nitrogens with one attached hydrogen (secondary N) is 1. The number of carbonyl (C=O) groups excluding carboxylic acids is 2. The van der Waals surface area contributed by atoms with Gasteiger partial charge in [0, 0.05) is 50.4 Å². The fraction of sp³-hybridized carbons (Fsp3) is 0.391. The van der Waals surface area contributed by atoms with E-state index in [1.165, 1.54) is 12.1 Å². The van der Waals surface area contributed by atoms with Gasteiger partial charge in [0.25, 0.3) is 5.91 Å². The number of hydrogen-bond acceptors (Lipinski definition) is 4. The molecule has 1 N–H and O–H groups in total. The SMILES string of the molecule is O=C(NCCC(=O)N1CCN(c2ccccc2)CC1)c1ccc(COCC(F)(F)F)cc1. The molecule has 172 valence electrons. The molecule has 0 unspecified atom stereocenters. The van der Waals surface area contributed by atoms with Crippen LogP contribution in [-0.2, 0) is 16.1 Å². The Morgan fingerprint density at radius 3 is 2.22 bits per heavy atom. The van der Waals surface area contributed by atoms with Gasteiger partial charge < -0.3 is 19.9 Å². The third-order valence-corrected chi connectivity index (χ3v) is 5.13. The van der Waals surface area contributed by atoms with Gasteiger partial charge in [0.1, 0.15) is 6.61 Å². The van der Waals surface area contributed by atoms with Crippen LogP contribution in [0, 0.1) is 0 Å². The standard InChI is InChI=1S/C23H26F3N3O3/c24-23(25,26)17-32-16-18-6-8-19(9-7-18)22(31)27-11-10-21(30)29-14-12-28(13-15-29)20-4-2-1-3-5-20/h1-9H,10-17H2,(H,27,31). The van der Waals surface area contributed by atoms with E-state index in [4.69, 9.17) is 0 Å². The maximum atomic E-state index is 12.4. The molecule has 2 aromatic rings. The van der Waals surface area contributed by atoms with Crippen LogP contribution in [0.1, 0.15) is 22.3 Å². The quantitative estimate of drug-likeness (QED) is 0.672. The fourth-order valence-corrected chi connectivity index (χ4v) is 3.43. The van der Waals surface area contributed by atoms with Gasteiger partial charge in [-0.05, 0) is 29.8 Å². The molecule has 0 bridgehead atoms. The van der Waals surface area contributed by atoms with Crippen molar-refractivity contribution in [1.29, 1.82) is 0 Å². The Hall–Kier alpha value is -3.07. The zero-order valence-electron chi connectivity index (χ0n) is 17.6. The van der Waals surface area contributed by atoms with Crippen molar-refractivity contribution in [3.05, 3.63) is 65.7 Å². The second kappa shape index (κ2) is 11.0. The van der Waals surface area contributed by atoms with Crippen molar-refractivity contribution in [3.8, 4) is 0 Å². The number of carbonyl (C=O) groups is 2. The van der Waals surface area contributed by atoms with Gasteiger partial charge in [-0.1, -0.05) is 30.3 Å². The number of hydrogen-bond donors (Lipinski definition) is 1. The molecule has 1 saturated heterocycles. The number of nitrogens with zero attached hydrogens (tertiary/aromatic N) is 2. The number of benzene rings is 2. The zero-order chi connectivity index (χ0) is 23.0. The number of rotatable bonds is 8. The first-order chi connectivity index (χ1) is 15.3. The predicted molar refractivity (Wildman–Crippen MR) is 114 cm³/mol. The average Bonchev–Trinajstić information content (AvgIpc) is 2.79. The van der Waals surface area contributed by atoms with Crippen molar-refractivity contribution in [2.75, 3.05) is 44.2 Å². The van der Waals surface area contributed by atoms with E-state index in [0.717, 1.165) is 18.8 Å². The molecule has 2 aromatic carbocycles. The van der Waals surface area contributed by atoms with E-state index in [9.17, 15) is 22.8 Å². The number of amides is 2. The van der Waals surface area contributed by atoms with E-state index in [0.29, 0.717) is 24.2 Å². The summed E-state index contributed by atoms with van der Waals surface area (Å²) in [6.45, 7) is 1.52. The summed E-state index contributed by atoms with van der Waals surface area (Å²) in [5.41, 5.74) is 2.05. The second-order valence-corrected chi connectivity index (χ2v) is 7.51. The molecule has 3 rings (SSSR count). The molecule has 1 aliphatic heterocycles. The summed E-state index contributed by atoms with van der Waals surface area (Å²) in [7, 11) is 0. The maximum absolute atomic E-state index is 12.4. The first-order valence-corrected chi connectivity index (χ1v) is 10.4. The van der Waals surface area contributed by atoms with E-state index in [1.807, 2.05) is 18.2 Å². The van der Waals surface area contributed by atoms with Crippen LogP contribution in [0.2, 0.25) is 0 Å². The van der Waals surface area contributed by atoms with Crippen molar-refractivity contribution in [3.63, 3.8) is 0 Å². The molecule has 1 fully saturated rings. The third kappa shape index (κ3) is 7.26. The summed E-state index contributed by atoms with van der Waals surface area (Å²) in [6.07, 6.45) is -4.16. The summed E-state index contributed by atoms with van der Waals surface area (Å²) in [4.78, 5) is 28.7. The number of halogens is 3. The number of ether oxygens (including phenoxy) is 1. The summed E-state index contributed by atoms with van der Waals surface area (Å²) in [5.74, 6) is -0.343. The van der Waals surface area contributed by atoms with Crippen molar-refractivity contribution in [2.24, 2.45) is 0 Å². The average molecular weight is 449 g/mol. The Labute approximate surface area is 184 Å². The van der Waals surface area contributed by atoms with Gasteiger partial charge in [-0.3, -0.25) is 9.59 Å². The van der Waals surface area contributed by atoms with Crippen molar-refractivity contribution >= 4 is 17.5 Å². The molecule has 0 radical (unpaired) electrons. The van der Waals surface area contributed by atoms with Crippen LogP contribution in [0.3, 0.4) is 0 Å². The van der Waals surface area contributed by atoms with Gasteiger partial charge in [-0.2, -0.15) is 13.2 Å². The van der Waals surface area contributed by atoms with E-state index < -0.39 is 12.8 Å². The van der Waals surface area contributed by atoms with Crippen molar-refractivity contribution < 1.29 is 27.5 Å². The maximum Gasteiger partial charge on any atom is 0.411 e. The van der Waals surface area contributed by atoms with Crippen LogP contribution < -0.4 is 10.2 Å². The largest absolute Gasteiger partial charge is 0.411 e. The predicted octanol–water partition coefficient (Wildman–Crippen LogP) is 3.23. The van der Waals surface area contributed by atoms with Crippen LogP contribution in [0.5, 0.6) is 0 Å². The first-order valence-electron chi connectivity index (χ1n) is 10.4. The fourth-order valence-electron chi connectivity index (χ4n) is 3.43. The minimum atomic E-state index is -4.37. The smallest absolute Gasteiger partial charge is 0.368 e. The minimum absolute atomic E-state index is 0.00447. The molecule has 2 amide bonds. The van der Waals surface area contributed by atoms with E-state index in [2.05, 4.69) is 27.1 Å². The molecular formula is C23H26F3N3O3. The Balaban J connectivity index is 1.36. The molecule has 9 heteroatoms. The molecule has 0 spiro atoms. The molecule has 32 heavy (non-hydrogen) atoms.